The summed E-state index contributed by atoms with van der Waals surface area (Å²) in [6.07, 6.45) is 0.800. The van der Waals surface area contributed by atoms with Gasteiger partial charge in [-0.05, 0) is 54.9 Å². The molecule has 0 spiro atoms. The van der Waals surface area contributed by atoms with Crippen molar-refractivity contribution < 1.29 is 23.8 Å². The number of rotatable bonds is 12. The fraction of sp³-hybridized carbons (Fsp3) is 0.304. The molecule has 7 nitrogen and oxygen atoms in total. The summed E-state index contributed by atoms with van der Waals surface area (Å²) in [6, 6.07) is 11.7. The van der Waals surface area contributed by atoms with Crippen LogP contribution in [0.2, 0.25) is 5.02 Å². The van der Waals surface area contributed by atoms with E-state index in [1.807, 2.05) is 11.4 Å². The van der Waals surface area contributed by atoms with Gasteiger partial charge in [0.2, 0.25) is 0 Å². The van der Waals surface area contributed by atoms with Crippen LogP contribution >= 0.6 is 22.9 Å². The number of hydrogen-bond donors (Lipinski definition) is 2. The van der Waals surface area contributed by atoms with E-state index in [0.29, 0.717) is 42.7 Å². The molecule has 10 heteroatoms. The van der Waals surface area contributed by atoms with Gasteiger partial charge < -0.3 is 24.5 Å². The lowest BCUT2D eigenvalue weighted by Crippen LogP contribution is -2.24. The van der Waals surface area contributed by atoms with Gasteiger partial charge in [0.25, 0.3) is 0 Å². The Morgan fingerprint density at radius 3 is 2.76 bits per heavy atom. The Hall–Kier alpha value is -2.72. The van der Waals surface area contributed by atoms with Gasteiger partial charge in [0, 0.05) is 29.6 Å². The molecule has 0 atom stereocenters. The third-order valence-corrected chi connectivity index (χ3v) is 5.78. The summed E-state index contributed by atoms with van der Waals surface area (Å²) >= 11 is 7.56. The number of halogens is 2. The van der Waals surface area contributed by atoms with Crippen molar-refractivity contribution >= 4 is 34.6 Å². The molecular weight excluding hydrogens is 469 g/mol. The number of benzene rings is 2. The summed E-state index contributed by atoms with van der Waals surface area (Å²) in [5, 5.41) is 14.4. The van der Waals surface area contributed by atoms with Crippen LogP contribution in [0.3, 0.4) is 0 Å². The zero-order chi connectivity index (χ0) is 23.6. The van der Waals surface area contributed by atoms with Gasteiger partial charge in [-0.2, -0.15) is 0 Å². The number of nitrogens with zero attached hydrogens (tertiary/aromatic N) is 2. The third-order valence-electron chi connectivity index (χ3n) is 4.68. The Labute approximate surface area is 200 Å². The maximum Gasteiger partial charge on any atom is 0.329 e. The second kappa shape index (κ2) is 12.5. The highest BCUT2D eigenvalue weighted by atomic mass is 35.5. The van der Waals surface area contributed by atoms with Crippen LogP contribution in [0.15, 0.2) is 52.8 Å². The second-order valence-corrected chi connectivity index (χ2v) is 8.31. The van der Waals surface area contributed by atoms with Gasteiger partial charge in [-0.3, -0.25) is 0 Å². The topological polar surface area (TPSA) is 85.1 Å². The number of aromatic nitrogens is 1. The van der Waals surface area contributed by atoms with Crippen LogP contribution in [0.4, 0.5) is 10.1 Å². The SMILES string of the molecule is COc1cc(Cl)ccc1/N=c1/scc(-c2ccc(F)cc2)n1CCCNCCOCC(=O)O. The van der Waals surface area contributed by atoms with Crippen molar-refractivity contribution in [2.75, 3.05) is 33.4 Å². The van der Waals surface area contributed by atoms with Crippen molar-refractivity contribution in [3.8, 4) is 17.0 Å². The van der Waals surface area contributed by atoms with Crippen LogP contribution < -0.4 is 14.9 Å². The van der Waals surface area contributed by atoms with Crippen LogP contribution in [0.25, 0.3) is 11.3 Å². The highest BCUT2D eigenvalue weighted by molar-refractivity contribution is 7.07. The van der Waals surface area contributed by atoms with E-state index in [4.69, 9.17) is 31.2 Å². The van der Waals surface area contributed by atoms with E-state index < -0.39 is 5.97 Å². The molecule has 0 amide bonds. The number of aliphatic carboxylic acids is 1. The van der Waals surface area contributed by atoms with Crippen molar-refractivity contribution in [3.05, 3.63) is 63.5 Å². The van der Waals surface area contributed by atoms with Gasteiger partial charge in [0.15, 0.2) is 4.80 Å². The van der Waals surface area contributed by atoms with Gasteiger partial charge >= 0.3 is 5.97 Å². The molecule has 0 unspecified atom stereocenters. The molecule has 1 heterocycles. The largest absolute Gasteiger partial charge is 0.494 e. The van der Waals surface area contributed by atoms with Crippen molar-refractivity contribution in [1.29, 1.82) is 0 Å². The van der Waals surface area contributed by atoms with E-state index in [1.165, 1.54) is 23.5 Å². The number of nitrogens with one attached hydrogen (secondary N) is 1. The zero-order valence-electron chi connectivity index (χ0n) is 18.1. The minimum Gasteiger partial charge on any atom is -0.494 e. The summed E-state index contributed by atoms with van der Waals surface area (Å²) in [5.74, 6) is -0.690. The van der Waals surface area contributed by atoms with Crippen LogP contribution in [0.5, 0.6) is 5.75 Å². The van der Waals surface area contributed by atoms with Crippen LogP contribution in [0.1, 0.15) is 6.42 Å². The molecule has 0 radical (unpaired) electrons. The molecule has 0 fully saturated rings. The zero-order valence-corrected chi connectivity index (χ0v) is 19.7. The molecule has 0 saturated heterocycles. The first-order valence-electron chi connectivity index (χ1n) is 10.3. The summed E-state index contributed by atoms with van der Waals surface area (Å²) in [4.78, 5) is 16.0. The maximum atomic E-state index is 13.4. The van der Waals surface area contributed by atoms with Gasteiger partial charge in [0.1, 0.15) is 23.9 Å². The number of carbonyl (C=O) groups is 1. The lowest BCUT2D eigenvalue weighted by atomic mass is 10.1. The molecule has 0 aliphatic rings. The minimum atomic E-state index is -0.981. The fourth-order valence-corrected chi connectivity index (χ4v) is 4.23. The quantitative estimate of drug-likeness (QED) is 0.367. The molecule has 0 bridgehead atoms. The van der Waals surface area contributed by atoms with E-state index >= 15 is 0 Å². The summed E-state index contributed by atoms with van der Waals surface area (Å²) < 4.78 is 26.0. The number of carboxylic acid groups (broad SMARTS) is 1. The Balaban J connectivity index is 1.78. The number of carboxylic acids is 1. The lowest BCUT2D eigenvalue weighted by Gasteiger charge is -2.11. The normalized spacial score (nSPS) is 11.7. The van der Waals surface area contributed by atoms with E-state index in [-0.39, 0.29) is 12.4 Å². The molecule has 2 N–H and O–H groups in total. The second-order valence-electron chi connectivity index (χ2n) is 7.04. The van der Waals surface area contributed by atoms with Gasteiger partial charge in [-0.1, -0.05) is 11.6 Å². The third kappa shape index (κ3) is 7.40. The molecule has 33 heavy (non-hydrogen) atoms. The Kier molecular flexibility index (Phi) is 9.44. The maximum absolute atomic E-state index is 13.4. The number of hydrogen-bond acceptors (Lipinski definition) is 6. The fourth-order valence-electron chi connectivity index (χ4n) is 3.12. The Bertz CT molecular complexity index is 1130. The standard InChI is InChI=1S/C23H25ClFN3O4S/c1-31-21-13-17(24)5-8-19(21)27-23-28(11-2-9-26-10-12-32-14-22(29)30)20(15-33-23)16-3-6-18(25)7-4-16/h3-8,13,15,26H,2,9-12,14H2,1H3,(H,29,30)/b27-23+. The molecule has 3 rings (SSSR count). The van der Waals surface area contributed by atoms with Crippen LogP contribution in [0, 0.1) is 5.82 Å². The van der Waals surface area contributed by atoms with Gasteiger partial charge in [-0.15, -0.1) is 11.3 Å². The average Bonchev–Trinajstić information content (AvgIpc) is 3.19. The highest BCUT2D eigenvalue weighted by Gasteiger charge is 2.10. The monoisotopic (exact) mass is 493 g/mol. The summed E-state index contributed by atoms with van der Waals surface area (Å²) in [5.41, 5.74) is 2.50. The molecule has 1 aromatic heterocycles. The van der Waals surface area contributed by atoms with Crippen LogP contribution in [-0.2, 0) is 16.1 Å². The van der Waals surface area contributed by atoms with E-state index in [1.54, 1.807) is 31.4 Å². The summed E-state index contributed by atoms with van der Waals surface area (Å²) in [7, 11) is 1.57. The van der Waals surface area contributed by atoms with E-state index in [2.05, 4.69) is 9.88 Å². The average molecular weight is 494 g/mol. The van der Waals surface area contributed by atoms with Crippen molar-refractivity contribution in [1.82, 2.24) is 9.88 Å². The molecule has 2 aromatic carbocycles. The van der Waals surface area contributed by atoms with Gasteiger partial charge in [-0.25, -0.2) is 14.2 Å². The Morgan fingerprint density at radius 2 is 2.03 bits per heavy atom. The first-order chi connectivity index (χ1) is 16.0. The Morgan fingerprint density at radius 1 is 1.24 bits per heavy atom. The highest BCUT2D eigenvalue weighted by Crippen LogP contribution is 2.30. The first kappa shape index (κ1) is 24.9. The molecular formula is C23H25ClFN3O4S. The number of ether oxygens (including phenoxy) is 2. The van der Waals surface area contributed by atoms with Crippen LogP contribution in [-0.4, -0.2) is 49.1 Å². The predicted molar refractivity (Wildman–Crippen MR) is 127 cm³/mol. The first-order valence-corrected chi connectivity index (χ1v) is 11.6. The van der Waals surface area contributed by atoms with E-state index in [9.17, 15) is 9.18 Å². The molecule has 0 saturated carbocycles. The minimum absolute atomic E-state index is 0.286. The van der Waals surface area contributed by atoms with Crippen molar-refractivity contribution in [2.45, 2.75) is 13.0 Å². The van der Waals surface area contributed by atoms with Crippen molar-refractivity contribution in [3.63, 3.8) is 0 Å². The summed E-state index contributed by atoms with van der Waals surface area (Å²) in [6.45, 7) is 1.98. The van der Waals surface area contributed by atoms with E-state index in [0.717, 1.165) is 22.5 Å². The molecule has 3 aromatic rings. The predicted octanol–water partition coefficient (Wildman–Crippen LogP) is 4.33. The van der Waals surface area contributed by atoms with Crippen molar-refractivity contribution in [2.24, 2.45) is 4.99 Å². The molecule has 0 aliphatic carbocycles. The number of thiazole rings is 1. The smallest absolute Gasteiger partial charge is 0.329 e. The molecule has 176 valence electrons. The molecule has 0 aliphatic heterocycles. The lowest BCUT2D eigenvalue weighted by molar-refractivity contribution is -0.142. The number of methoxy groups -OCH3 is 1. The van der Waals surface area contributed by atoms with Gasteiger partial charge in [0.05, 0.1) is 19.4 Å².